The molecule has 0 spiro atoms. The van der Waals surface area contributed by atoms with Crippen LogP contribution in [0.4, 0.5) is 0 Å². The van der Waals surface area contributed by atoms with Gasteiger partial charge in [0, 0.05) is 5.92 Å². The standard InChI is InChI=1S/C11H8O2/c12-11(13)6-5-9-7-8-3-1-2-4-10(8)9/h1-4,9H,7H2,(H,12,13). The molecule has 1 aromatic rings. The summed E-state index contributed by atoms with van der Waals surface area (Å²) in [4.78, 5) is 10.2. The minimum atomic E-state index is -1.05. The maximum atomic E-state index is 10.2. The first-order valence-corrected chi connectivity index (χ1v) is 4.09. The van der Waals surface area contributed by atoms with Crippen LogP contribution in [0.5, 0.6) is 0 Å². The van der Waals surface area contributed by atoms with Gasteiger partial charge in [0.05, 0.1) is 5.92 Å². The Hall–Kier alpha value is -1.75. The lowest BCUT2D eigenvalue weighted by Crippen LogP contribution is -2.15. The molecule has 0 aromatic heterocycles. The van der Waals surface area contributed by atoms with Crippen molar-refractivity contribution in [1.82, 2.24) is 0 Å². The average molecular weight is 172 g/mol. The van der Waals surface area contributed by atoms with E-state index in [2.05, 4.69) is 11.8 Å². The maximum Gasteiger partial charge on any atom is 0.381 e. The van der Waals surface area contributed by atoms with Crippen molar-refractivity contribution in [3.63, 3.8) is 0 Å². The highest BCUT2D eigenvalue weighted by Crippen LogP contribution is 2.33. The molecule has 0 amide bonds. The van der Waals surface area contributed by atoms with E-state index in [9.17, 15) is 4.79 Å². The van der Waals surface area contributed by atoms with Crippen LogP contribution in [0, 0.1) is 11.8 Å². The quantitative estimate of drug-likeness (QED) is 0.601. The highest BCUT2D eigenvalue weighted by atomic mass is 16.4. The highest BCUT2D eigenvalue weighted by Gasteiger charge is 2.23. The third-order valence-corrected chi connectivity index (χ3v) is 2.21. The maximum absolute atomic E-state index is 10.2. The van der Waals surface area contributed by atoms with E-state index in [0.29, 0.717) is 0 Å². The summed E-state index contributed by atoms with van der Waals surface area (Å²) >= 11 is 0. The molecule has 1 aliphatic rings. The zero-order valence-corrected chi connectivity index (χ0v) is 6.95. The van der Waals surface area contributed by atoms with E-state index in [-0.39, 0.29) is 5.92 Å². The van der Waals surface area contributed by atoms with E-state index in [1.54, 1.807) is 0 Å². The first-order chi connectivity index (χ1) is 6.27. The highest BCUT2D eigenvalue weighted by molar-refractivity contribution is 5.86. The van der Waals surface area contributed by atoms with E-state index in [0.717, 1.165) is 6.42 Å². The average Bonchev–Trinajstić information content (AvgIpc) is 2.06. The van der Waals surface area contributed by atoms with Crippen LogP contribution >= 0.6 is 0 Å². The van der Waals surface area contributed by atoms with Crippen LogP contribution in [-0.4, -0.2) is 11.1 Å². The van der Waals surface area contributed by atoms with E-state index in [4.69, 9.17) is 5.11 Å². The van der Waals surface area contributed by atoms with Gasteiger partial charge in [-0.15, -0.1) is 0 Å². The molecule has 0 fully saturated rings. The molecule has 1 unspecified atom stereocenters. The second kappa shape index (κ2) is 2.95. The Balaban J connectivity index is 2.20. The summed E-state index contributed by atoms with van der Waals surface area (Å²) < 4.78 is 0. The van der Waals surface area contributed by atoms with E-state index in [1.165, 1.54) is 11.1 Å². The second-order valence-corrected chi connectivity index (χ2v) is 3.03. The molecule has 0 aliphatic heterocycles. The molecule has 64 valence electrons. The summed E-state index contributed by atoms with van der Waals surface area (Å²) in [5, 5.41) is 8.36. The monoisotopic (exact) mass is 172 g/mol. The summed E-state index contributed by atoms with van der Waals surface area (Å²) in [6, 6.07) is 7.99. The molecule has 1 aromatic carbocycles. The Kier molecular flexibility index (Phi) is 1.79. The fraction of sp³-hybridized carbons (Fsp3) is 0.182. The Morgan fingerprint density at radius 2 is 2.23 bits per heavy atom. The van der Waals surface area contributed by atoms with Gasteiger partial charge in [-0.25, -0.2) is 4.79 Å². The molecule has 13 heavy (non-hydrogen) atoms. The first kappa shape index (κ1) is 7.88. The molecular weight excluding hydrogens is 164 g/mol. The van der Waals surface area contributed by atoms with Crippen LogP contribution in [0.2, 0.25) is 0 Å². The summed E-state index contributed by atoms with van der Waals surface area (Å²) in [5.74, 6) is 3.96. The van der Waals surface area contributed by atoms with Gasteiger partial charge in [0.15, 0.2) is 0 Å². The Labute approximate surface area is 76.2 Å². The molecule has 0 radical (unpaired) electrons. The van der Waals surface area contributed by atoms with Crippen LogP contribution < -0.4 is 0 Å². The normalized spacial score (nSPS) is 17.7. The Bertz CT molecular complexity index is 410. The summed E-state index contributed by atoms with van der Waals surface area (Å²) in [7, 11) is 0. The minimum Gasteiger partial charge on any atom is -0.472 e. The zero-order valence-electron chi connectivity index (χ0n) is 6.95. The van der Waals surface area contributed by atoms with Gasteiger partial charge in [-0.3, -0.25) is 0 Å². The van der Waals surface area contributed by atoms with Gasteiger partial charge in [0.2, 0.25) is 0 Å². The molecule has 1 aliphatic carbocycles. The van der Waals surface area contributed by atoms with Crippen molar-refractivity contribution in [1.29, 1.82) is 0 Å². The van der Waals surface area contributed by atoms with Crippen LogP contribution in [0.25, 0.3) is 0 Å². The number of benzene rings is 1. The lowest BCUT2D eigenvalue weighted by molar-refractivity contribution is -0.130. The van der Waals surface area contributed by atoms with E-state index < -0.39 is 5.97 Å². The molecule has 1 N–H and O–H groups in total. The van der Waals surface area contributed by atoms with Crippen molar-refractivity contribution in [2.24, 2.45) is 0 Å². The van der Waals surface area contributed by atoms with Crippen molar-refractivity contribution in [2.45, 2.75) is 12.3 Å². The lowest BCUT2D eigenvalue weighted by atomic mass is 9.78. The number of hydrogen-bond donors (Lipinski definition) is 1. The fourth-order valence-electron chi connectivity index (χ4n) is 1.54. The number of carboxylic acid groups (broad SMARTS) is 1. The third-order valence-electron chi connectivity index (χ3n) is 2.21. The smallest absolute Gasteiger partial charge is 0.381 e. The molecule has 0 saturated carbocycles. The van der Waals surface area contributed by atoms with Gasteiger partial charge in [-0.05, 0) is 17.5 Å². The van der Waals surface area contributed by atoms with Crippen molar-refractivity contribution in [2.75, 3.05) is 0 Å². The second-order valence-electron chi connectivity index (χ2n) is 3.03. The summed E-state index contributed by atoms with van der Waals surface area (Å²) in [5.41, 5.74) is 2.46. The van der Waals surface area contributed by atoms with Gasteiger partial charge < -0.3 is 5.11 Å². The Morgan fingerprint density at radius 1 is 1.46 bits per heavy atom. The Morgan fingerprint density at radius 3 is 2.92 bits per heavy atom. The molecule has 1 atom stereocenters. The number of carbonyl (C=O) groups is 1. The van der Waals surface area contributed by atoms with Crippen LogP contribution in [0.1, 0.15) is 17.0 Å². The van der Waals surface area contributed by atoms with Gasteiger partial charge >= 0.3 is 5.97 Å². The SMILES string of the molecule is O=C(O)C#CC1Cc2ccccc21. The van der Waals surface area contributed by atoms with Gasteiger partial charge in [0.25, 0.3) is 0 Å². The minimum absolute atomic E-state index is 0.132. The molecule has 2 heteroatoms. The van der Waals surface area contributed by atoms with Gasteiger partial charge in [-0.1, -0.05) is 30.2 Å². The summed E-state index contributed by atoms with van der Waals surface area (Å²) in [6.45, 7) is 0. The topological polar surface area (TPSA) is 37.3 Å². The molecule has 2 rings (SSSR count). The van der Waals surface area contributed by atoms with Crippen molar-refractivity contribution in [3.05, 3.63) is 35.4 Å². The largest absolute Gasteiger partial charge is 0.472 e. The number of hydrogen-bond acceptors (Lipinski definition) is 1. The van der Waals surface area contributed by atoms with Gasteiger partial charge in [-0.2, -0.15) is 0 Å². The molecule has 0 bridgehead atoms. The fourth-order valence-corrected chi connectivity index (χ4v) is 1.54. The third kappa shape index (κ3) is 1.41. The number of fused-ring (bicyclic) bond motifs is 1. The van der Waals surface area contributed by atoms with E-state index >= 15 is 0 Å². The van der Waals surface area contributed by atoms with Crippen molar-refractivity contribution in [3.8, 4) is 11.8 Å². The van der Waals surface area contributed by atoms with Crippen LogP contribution in [0.3, 0.4) is 0 Å². The molecule has 0 heterocycles. The number of aliphatic carboxylic acids is 1. The number of carboxylic acids is 1. The first-order valence-electron chi connectivity index (χ1n) is 4.09. The molecular formula is C11H8O2. The predicted molar refractivity (Wildman–Crippen MR) is 48.3 cm³/mol. The molecule has 0 saturated heterocycles. The molecule has 2 nitrogen and oxygen atoms in total. The predicted octanol–water partition coefficient (Wildman–Crippen LogP) is 1.41. The van der Waals surface area contributed by atoms with Crippen LogP contribution in [-0.2, 0) is 11.2 Å². The van der Waals surface area contributed by atoms with Gasteiger partial charge in [0.1, 0.15) is 0 Å². The van der Waals surface area contributed by atoms with Crippen LogP contribution in [0.15, 0.2) is 24.3 Å². The summed E-state index contributed by atoms with van der Waals surface area (Å²) in [6.07, 6.45) is 0.885. The van der Waals surface area contributed by atoms with E-state index in [1.807, 2.05) is 24.3 Å². The van der Waals surface area contributed by atoms with Crippen molar-refractivity contribution >= 4 is 5.97 Å². The van der Waals surface area contributed by atoms with Crippen molar-refractivity contribution < 1.29 is 9.90 Å². The number of rotatable bonds is 0. The zero-order chi connectivity index (χ0) is 9.26. The lowest BCUT2D eigenvalue weighted by Gasteiger charge is -2.25.